The van der Waals surface area contributed by atoms with E-state index in [4.69, 9.17) is 9.15 Å². The SMILES string of the molecule is CCCc1cc2oc(-c3ccc(F)cc3)c(C(=O)NC)c2cc1-c1cc(C=O)c(OC)cc1C. The van der Waals surface area contributed by atoms with Crippen LogP contribution >= 0.6 is 0 Å². The van der Waals surface area contributed by atoms with Gasteiger partial charge in [0.2, 0.25) is 0 Å². The van der Waals surface area contributed by atoms with Crippen LogP contribution in [0.1, 0.15) is 45.2 Å². The third-order valence-corrected chi connectivity index (χ3v) is 5.99. The molecule has 0 fully saturated rings. The molecule has 5 nitrogen and oxygen atoms in total. The molecule has 0 aliphatic carbocycles. The molecule has 1 heterocycles. The Morgan fingerprint density at radius 1 is 1.12 bits per heavy atom. The molecule has 0 radical (unpaired) electrons. The Hall–Kier alpha value is -3.93. The van der Waals surface area contributed by atoms with Crippen LogP contribution in [0.25, 0.3) is 33.4 Å². The van der Waals surface area contributed by atoms with Crippen molar-refractivity contribution < 1.29 is 23.1 Å². The van der Waals surface area contributed by atoms with Crippen LogP contribution in [0, 0.1) is 12.7 Å². The molecule has 0 spiro atoms. The molecule has 6 heteroatoms. The van der Waals surface area contributed by atoms with E-state index in [0.717, 1.165) is 41.4 Å². The van der Waals surface area contributed by atoms with E-state index < -0.39 is 0 Å². The molecule has 4 aromatic rings. The van der Waals surface area contributed by atoms with Gasteiger partial charge in [0, 0.05) is 18.0 Å². The number of nitrogens with one attached hydrogen (secondary N) is 1. The Morgan fingerprint density at radius 3 is 2.47 bits per heavy atom. The quantitative estimate of drug-likeness (QED) is 0.327. The number of hydrogen-bond acceptors (Lipinski definition) is 4. The van der Waals surface area contributed by atoms with Crippen LogP contribution < -0.4 is 10.1 Å². The Morgan fingerprint density at radius 2 is 1.85 bits per heavy atom. The molecule has 0 saturated heterocycles. The van der Waals surface area contributed by atoms with Gasteiger partial charge in [0.05, 0.1) is 18.2 Å². The largest absolute Gasteiger partial charge is 0.496 e. The number of benzene rings is 3. The van der Waals surface area contributed by atoms with Crippen molar-refractivity contribution in [3.63, 3.8) is 0 Å². The lowest BCUT2D eigenvalue weighted by molar-refractivity contribution is 0.0964. The Balaban J connectivity index is 2.04. The van der Waals surface area contributed by atoms with Crippen LogP contribution in [0.4, 0.5) is 4.39 Å². The maximum atomic E-state index is 13.5. The van der Waals surface area contributed by atoms with Crippen molar-refractivity contribution in [2.24, 2.45) is 0 Å². The minimum Gasteiger partial charge on any atom is -0.496 e. The van der Waals surface area contributed by atoms with E-state index in [0.29, 0.717) is 39.2 Å². The molecular formula is C28H26FNO4. The second-order valence-electron chi connectivity index (χ2n) is 8.17. The molecule has 0 atom stereocenters. The lowest BCUT2D eigenvalue weighted by atomic mass is 9.90. The number of methoxy groups -OCH3 is 1. The van der Waals surface area contributed by atoms with Crippen LogP contribution in [-0.4, -0.2) is 26.4 Å². The molecule has 0 unspecified atom stereocenters. The van der Waals surface area contributed by atoms with Crippen LogP contribution in [-0.2, 0) is 6.42 Å². The van der Waals surface area contributed by atoms with Crippen molar-refractivity contribution in [1.82, 2.24) is 5.32 Å². The standard InChI is InChI=1S/C28H26FNO4/c1-5-6-18-13-25-23(14-22(18)21-12-19(15-31)24(33-4)11-16(21)2)26(28(32)30-3)27(34-25)17-7-9-20(29)10-8-17/h7-15H,5-6H2,1-4H3,(H,30,32). The molecule has 1 aromatic heterocycles. The van der Waals surface area contributed by atoms with E-state index >= 15 is 0 Å². The summed E-state index contributed by atoms with van der Waals surface area (Å²) in [5.41, 5.74) is 5.83. The maximum Gasteiger partial charge on any atom is 0.255 e. The Bertz CT molecular complexity index is 1390. The summed E-state index contributed by atoms with van der Waals surface area (Å²) in [6.45, 7) is 4.05. The van der Waals surface area contributed by atoms with Gasteiger partial charge < -0.3 is 14.5 Å². The van der Waals surface area contributed by atoms with Crippen molar-refractivity contribution in [3.05, 3.63) is 76.6 Å². The second kappa shape index (κ2) is 9.51. The highest BCUT2D eigenvalue weighted by atomic mass is 19.1. The van der Waals surface area contributed by atoms with Gasteiger partial charge in [0.1, 0.15) is 22.9 Å². The van der Waals surface area contributed by atoms with Crippen LogP contribution in [0.2, 0.25) is 0 Å². The second-order valence-corrected chi connectivity index (χ2v) is 8.17. The summed E-state index contributed by atoms with van der Waals surface area (Å²) in [4.78, 5) is 24.6. The number of ether oxygens (including phenoxy) is 1. The summed E-state index contributed by atoms with van der Waals surface area (Å²) in [5, 5.41) is 3.34. The zero-order chi connectivity index (χ0) is 24.4. The molecule has 0 saturated carbocycles. The van der Waals surface area contributed by atoms with Crippen LogP contribution in [0.3, 0.4) is 0 Å². The van der Waals surface area contributed by atoms with Crippen molar-refractivity contribution in [2.75, 3.05) is 14.2 Å². The number of carbonyl (C=O) groups is 2. The summed E-state index contributed by atoms with van der Waals surface area (Å²) in [5.74, 6) is 0.235. The zero-order valence-corrected chi connectivity index (χ0v) is 19.6. The highest BCUT2D eigenvalue weighted by Gasteiger charge is 2.24. The molecule has 1 N–H and O–H groups in total. The number of amides is 1. The van der Waals surface area contributed by atoms with Gasteiger partial charge in [-0.2, -0.15) is 0 Å². The van der Waals surface area contributed by atoms with Gasteiger partial charge in [0.25, 0.3) is 5.91 Å². The van der Waals surface area contributed by atoms with Crippen molar-refractivity contribution in [2.45, 2.75) is 26.7 Å². The topological polar surface area (TPSA) is 68.5 Å². The molecule has 0 bridgehead atoms. The van der Waals surface area contributed by atoms with E-state index in [-0.39, 0.29) is 11.7 Å². The van der Waals surface area contributed by atoms with E-state index in [1.54, 1.807) is 19.2 Å². The van der Waals surface area contributed by atoms with Crippen molar-refractivity contribution >= 4 is 23.2 Å². The summed E-state index contributed by atoms with van der Waals surface area (Å²) in [6.07, 6.45) is 2.47. The highest BCUT2D eigenvalue weighted by Crippen LogP contribution is 2.40. The lowest BCUT2D eigenvalue weighted by Gasteiger charge is -2.15. The first-order valence-electron chi connectivity index (χ1n) is 11.1. The number of furan rings is 1. The zero-order valence-electron chi connectivity index (χ0n) is 19.6. The number of halogens is 1. The first-order valence-corrected chi connectivity index (χ1v) is 11.1. The fourth-order valence-electron chi connectivity index (χ4n) is 4.32. The number of aldehydes is 1. The number of aryl methyl sites for hydroxylation is 2. The summed E-state index contributed by atoms with van der Waals surface area (Å²) >= 11 is 0. The average molecular weight is 460 g/mol. The normalized spacial score (nSPS) is 11.0. The average Bonchev–Trinajstić information content (AvgIpc) is 3.21. The van der Waals surface area contributed by atoms with Gasteiger partial charge in [-0.15, -0.1) is 0 Å². The van der Waals surface area contributed by atoms with Gasteiger partial charge in [-0.05, 0) is 84.1 Å². The molecule has 174 valence electrons. The van der Waals surface area contributed by atoms with Gasteiger partial charge in [-0.3, -0.25) is 9.59 Å². The summed E-state index contributed by atoms with van der Waals surface area (Å²) in [6, 6.07) is 13.4. The van der Waals surface area contributed by atoms with Gasteiger partial charge in [-0.25, -0.2) is 4.39 Å². The Kier molecular flexibility index (Phi) is 6.50. The predicted molar refractivity (Wildman–Crippen MR) is 131 cm³/mol. The van der Waals surface area contributed by atoms with Gasteiger partial charge in [-0.1, -0.05) is 13.3 Å². The first kappa shape index (κ1) is 23.2. The molecular weight excluding hydrogens is 433 g/mol. The van der Waals surface area contributed by atoms with Gasteiger partial charge in [0.15, 0.2) is 6.29 Å². The van der Waals surface area contributed by atoms with Gasteiger partial charge >= 0.3 is 0 Å². The van der Waals surface area contributed by atoms with E-state index in [2.05, 4.69) is 12.2 Å². The Labute approximate surface area is 197 Å². The number of rotatable bonds is 7. The van der Waals surface area contributed by atoms with E-state index in [1.165, 1.54) is 19.2 Å². The summed E-state index contributed by atoms with van der Waals surface area (Å²) < 4.78 is 25.1. The molecule has 0 aliphatic rings. The lowest BCUT2D eigenvalue weighted by Crippen LogP contribution is -2.18. The highest BCUT2D eigenvalue weighted by molar-refractivity contribution is 6.12. The van der Waals surface area contributed by atoms with Crippen molar-refractivity contribution in [1.29, 1.82) is 0 Å². The van der Waals surface area contributed by atoms with E-state index in [9.17, 15) is 14.0 Å². The monoisotopic (exact) mass is 459 g/mol. The van der Waals surface area contributed by atoms with Crippen LogP contribution in [0.15, 0.2) is 52.9 Å². The predicted octanol–water partition coefficient (Wildman–Crippen LogP) is 6.35. The third-order valence-electron chi connectivity index (χ3n) is 5.99. The third kappa shape index (κ3) is 4.07. The van der Waals surface area contributed by atoms with E-state index in [1.807, 2.05) is 31.2 Å². The maximum absolute atomic E-state index is 13.5. The number of carbonyl (C=O) groups excluding carboxylic acids is 2. The molecule has 0 aliphatic heterocycles. The molecule has 1 amide bonds. The van der Waals surface area contributed by atoms with Crippen molar-refractivity contribution in [3.8, 4) is 28.2 Å². The molecule has 4 rings (SSSR count). The fourth-order valence-corrected chi connectivity index (χ4v) is 4.32. The summed E-state index contributed by atoms with van der Waals surface area (Å²) in [7, 11) is 3.10. The minimum atomic E-state index is -0.366. The van der Waals surface area contributed by atoms with Crippen LogP contribution in [0.5, 0.6) is 5.75 Å². The minimum absolute atomic E-state index is 0.299. The smallest absolute Gasteiger partial charge is 0.255 e. The molecule has 3 aromatic carbocycles. The number of hydrogen-bond donors (Lipinski definition) is 1. The fraction of sp³-hybridized carbons (Fsp3) is 0.214. The first-order chi connectivity index (χ1) is 16.4. The number of fused-ring (bicyclic) bond motifs is 1. The molecule has 34 heavy (non-hydrogen) atoms.